The lowest BCUT2D eigenvalue weighted by atomic mass is 9.96. The number of fused-ring (bicyclic) bond motifs is 1. The van der Waals surface area contributed by atoms with E-state index < -0.39 is 16.1 Å². The van der Waals surface area contributed by atoms with Crippen LogP contribution < -0.4 is 19.1 Å². The summed E-state index contributed by atoms with van der Waals surface area (Å²) in [6.45, 7) is 4.05. The Balaban J connectivity index is 1.62. The molecular formula is C27H30N2O5S. The van der Waals surface area contributed by atoms with Gasteiger partial charge in [0, 0.05) is 0 Å². The highest BCUT2D eigenvalue weighted by Gasteiger charge is 2.38. The minimum Gasteiger partial charge on any atom is -0.497 e. The van der Waals surface area contributed by atoms with E-state index in [1.54, 1.807) is 61.7 Å². The highest BCUT2D eigenvalue weighted by molar-refractivity contribution is 7.92. The van der Waals surface area contributed by atoms with Crippen LogP contribution in [0.25, 0.3) is 0 Å². The van der Waals surface area contributed by atoms with Crippen LogP contribution in [-0.2, 0) is 14.8 Å². The van der Waals surface area contributed by atoms with E-state index in [9.17, 15) is 13.2 Å². The predicted octanol–water partition coefficient (Wildman–Crippen LogP) is 4.56. The normalized spacial score (nSPS) is 16.2. The zero-order valence-electron chi connectivity index (χ0n) is 20.0. The monoisotopic (exact) mass is 494 g/mol. The third-order valence-corrected chi connectivity index (χ3v) is 7.69. The van der Waals surface area contributed by atoms with Gasteiger partial charge in [0.2, 0.25) is 0 Å². The Labute approximate surface area is 206 Å². The Morgan fingerprint density at radius 3 is 2.34 bits per heavy atom. The number of carbonyl (C=O) groups is 1. The molecule has 35 heavy (non-hydrogen) atoms. The Morgan fingerprint density at radius 1 is 1.03 bits per heavy atom. The van der Waals surface area contributed by atoms with Crippen molar-refractivity contribution in [2.45, 2.75) is 37.3 Å². The van der Waals surface area contributed by atoms with Gasteiger partial charge in [0.05, 0.1) is 30.3 Å². The van der Waals surface area contributed by atoms with Crippen molar-refractivity contribution in [2.24, 2.45) is 5.92 Å². The van der Waals surface area contributed by atoms with Crippen LogP contribution >= 0.6 is 0 Å². The van der Waals surface area contributed by atoms with Crippen LogP contribution in [-0.4, -0.2) is 34.1 Å². The second-order valence-electron chi connectivity index (χ2n) is 8.89. The fourth-order valence-corrected chi connectivity index (χ4v) is 5.63. The predicted molar refractivity (Wildman–Crippen MR) is 135 cm³/mol. The van der Waals surface area contributed by atoms with Gasteiger partial charge in [-0.15, -0.1) is 0 Å². The maximum Gasteiger partial charge on any atom is 0.264 e. The smallest absolute Gasteiger partial charge is 0.264 e. The standard InChI is InChI=1S/C27H30N2O5S/c1-19(2)17-23(20-13-15-21(33-3)16-14-20)28-27(30)26-18-29(24-11-7-8-12-25(24)34-26)35(31,32)22-9-5-4-6-10-22/h4-16,19,23,26H,17-18H2,1-3H3,(H,28,30)/t23-,26+/m0/s1. The maximum atomic E-state index is 13.5. The zero-order valence-corrected chi connectivity index (χ0v) is 20.9. The number of amides is 1. The first kappa shape index (κ1) is 24.6. The number of para-hydroxylation sites is 2. The van der Waals surface area contributed by atoms with Gasteiger partial charge in [-0.05, 0) is 54.3 Å². The number of sulfonamides is 1. The molecule has 0 spiro atoms. The number of ether oxygens (including phenoxy) is 2. The van der Waals surface area contributed by atoms with Gasteiger partial charge in [0.15, 0.2) is 6.10 Å². The van der Waals surface area contributed by atoms with E-state index >= 15 is 0 Å². The summed E-state index contributed by atoms with van der Waals surface area (Å²) in [5.41, 5.74) is 1.35. The molecule has 0 saturated heterocycles. The van der Waals surface area contributed by atoms with Gasteiger partial charge in [-0.25, -0.2) is 8.42 Å². The number of nitrogens with one attached hydrogen (secondary N) is 1. The molecule has 7 nitrogen and oxygen atoms in total. The van der Waals surface area contributed by atoms with E-state index in [1.807, 2.05) is 24.3 Å². The molecule has 0 aromatic heterocycles. The maximum absolute atomic E-state index is 13.5. The van der Waals surface area contributed by atoms with Crippen LogP contribution in [0.1, 0.15) is 31.9 Å². The molecule has 1 aliphatic rings. The summed E-state index contributed by atoms with van der Waals surface area (Å²) in [4.78, 5) is 13.6. The van der Waals surface area contributed by atoms with Crippen LogP contribution in [0, 0.1) is 5.92 Å². The SMILES string of the molecule is COc1ccc([C@H](CC(C)C)NC(=O)[C@H]2CN(S(=O)(=O)c3ccccc3)c3ccccc3O2)cc1. The number of carbonyl (C=O) groups excluding carboxylic acids is 1. The van der Waals surface area contributed by atoms with Gasteiger partial charge < -0.3 is 14.8 Å². The first-order chi connectivity index (χ1) is 16.8. The molecule has 0 unspecified atom stereocenters. The minimum absolute atomic E-state index is 0.128. The number of nitrogens with zero attached hydrogens (tertiary/aromatic N) is 1. The van der Waals surface area contributed by atoms with E-state index in [0.717, 1.165) is 11.3 Å². The summed E-state index contributed by atoms with van der Waals surface area (Å²) in [6, 6.07) is 22.4. The quantitative estimate of drug-likeness (QED) is 0.496. The van der Waals surface area contributed by atoms with Crippen molar-refractivity contribution in [1.29, 1.82) is 0 Å². The first-order valence-electron chi connectivity index (χ1n) is 11.6. The second-order valence-corrected chi connectivity index (χ2v) is 10.7. The number of hydrogen-bond donors (Lipinski definition) is 1. The van der Waals surface area contributed by atoms with E-state index in [1.165, 1.54) is 4.31 Å². The molecule has 1 N–H and O–H groups in total. The molecule has 1 heterocycles. The lowest BCUT2D eigenvalue weighted by Crippen LogP contribution is -2.51. The molecule has 0 radical (unpaired) electrons. The van der Waals surface area contributed by atoms with Crippen molar-refractivity contribution in [1.82, 2.24) is 5.32 Å². The van der Waals surface area contributed by atoms with Crippen LogP contribution in [0.5, 0.6) is 11.5 Å². The number of rotatable bonds is 8. The zero-order chi connectivity index (χ0) is 25.0. The van der Waals surface area contributed by atoms with Crippen molar-refractivity contribution in [3.8, 4) is 11.5 Å². The molecule has 0 aliphatic carbocycles. The van der Waals surface area contributed by atoms with Gasteiger partial charge in [-0.2, -0.15) is 0 Å². The van der Waals surface area contributed by atoms with E-state index in [4.69, 9.17) is 9.47 Å². The molecule has 1 aliphatic heterocycles. The average molecular weight is 495 g/mol. The summed E-state index contributed by atoms with van der Waals surface area (Å²) in [5.74, 6) is 1.04. The van der Waals surface area contributed by atoms with Crippen molar-refractivity contribution in [3.05, 3.63) is 84.4 Å². The number of benzene rings is 3. The molecule has 1 amide bonds. The lowest BCUT2D eigenvalue weighted by Gasteiger charge is -2.35. The minimum atomic E-state index is -3.89. The summed E-state index contributed by atoms with van der Waals surface area (Å²) < 4.78 is 39.5. The highest BCUT2D eigenvalue weighted by atomic mass is 32.2. The van der Waals surface area contributed by atoms with Crippen molar-refractivity contribution >= 4 is 21.6 Å². The Bertz CT molecular complexity index is 1260. The largest absolute Gasteiger partial charge is 0.497 e. The van der Waals surface area contributed by atoms with Gasteiger partial charge in [0.1, 0.15) is 11.5 Å². The molecule has 0 fully saturated rings. The third-order valence-electron chi connectivity index (χ3n) is 5.90. The fourth-order valence-electron chi connectivity index (χ4n) is 4.14. The summed E-state index contributed by atoms with van der Waals surface area (Å²) >= 11 is 0. The summed E-state index contributed by atoms with van der Waals surface area (Å²) in [5, 5.41) is 3.09. The van der Waals surface area contributed by atoms with Crippen molar-refractivity contribution < 1.29 is 22.7 Å². The fraction of sp³-hybridized carbons (Fsp3) is 0.296. The molecule has 3 aromatic carbocycles. The van der Waals surface area contributed by atoms with Crippen molar-refractivity contribution in [2.75, 3.05) is 18.0 Å². The highest BCUT2D eigenvalue weighted by Crippen LogP contribution is 2.37. The van der Waals surface area contributed by atoms with Gasteiger partial charge in [-0.1, -0.05) is 56.3 Å². The Hall–Kier alpha value is -3.52. The average Bonchev–Trinajstić information content (AvgIpc) is 2.87. The number of methoxy groups -OCH3 is 1. The van der Waals surface area contributed by atoms with Crippen LogP contribution in [0.15, 0.2) is 83.8 Å². The molecule has 0 bridgehead atoms. The summed E-state index contributed by atoms with van der Waals surface area (Å²) in [7, 11) is -2.28. The topological polar surface area (TPSA) is 84.9 Å². The number of hydrogen-bond acceptors (Lipinski definition) is 5. The molecule has 2 atom stereocenters. The molecule has 3 aromatic rings. The molecule has 0 saturated carbocycles. The molecule has 4 rings (SSSR count). The first-order valence-corrected chi connectivity index (χ1v) is 13.0. The van der Waals surface area contributed by atoms with Gasteiger partial charge in [-0.3, -0.25) is 9.10 Å². The molecule has 8 heteroatoms. The van der Waals surface area contributed by atoms with Crippen LogP contribution in [0.4, 0.5) is 5.69 Å². The van der Waals surface area contributed by atoms with E-state index in [0.29, 0.717) is 23.8 Å². The van der Waals surface area contributed by atoms with E-state index in [2.05, 4.69) is 19.2 Å². The molecule has 184 valence electrons. The third kappa shape index (κ3) is 5.43. The second kappa shape index (κ2) is 10.4. The van der Waals surface area contributed by atoms with Gasteiger partial charge in [0.25, 0.3) is 15.9 Å². The summed E-state index contributed by atoms with van der Waals surface area (Å²) in [6.07, 6.45) is -0.288. The van der Waals surface area contributed by atoms with Crippen LogP contribution in [0.2, 0.25) is 0 Å². The molecular weight excluding hydrogens is 464 g/mol. The Morgan fingerprint density at radius 2 is 1.69 bits per heavy atom. The van der Waals surface area contributed by atoms with Gasteiger partial charge >= 0.3 is 0 Å². The van der Waals surface area contributed by atoms with Crippen molar-refractivity contribution in [3.63, 3.8) is 0 Å². The Kier molecular flexibility index (Phi) is 7.31. The number of anilines is 1. The van der Waals surface area contributed by atoms with E-state index in [-0.39, 0.29) is 23.4 Å². The lowest BCUT2D eigenvalue weighted by molar-refractivity contribution is -0.128. The van der Waals surface area contributed by atoms with Crippen LogP contribution in [0.3, 0.4) is 0 Å².